The van der Waals surface area contributed by atoms with Gasteiger partial charge in [0.05, 0.1) is 0 Å². The van der Waals surface area contributed by atoms with Crippen LogP contribution in [0.25, 0.3) is 0 Å². The van der Waals surface area contributed by atoms with Crippen molar-refractivity contribution in [3.63, 3.8) is 0 Å². The van der Waals surface area contributed by atoms with Crippen molar-refractivity contribution in [2.45, 2.75) is 51.0 Å². The van der Waals surface area contributed by atoms with Gasteiger partial charge in [0.15, 0.2) is 0 Å². The first-order valence-corrected chi connectivity index (χ1v) is 6.26. The van der Waals surface area contributed by atoms with Gasteiger partial charge < -0.3 is 10.1 Å². The minimum atomic E-state index is 0.741. The van der Waals surface area contributed by atoms with Gasteiger partial charge in [0.2, 0.25) is 0 Å². The summed E-state index contributed by atoms with van der Waals surface area (Å²) >= 11 is 0. The summed E-state index contributed by atoms with van der Waals surface area (Å²) in [7, 11) is 0. The Morgan fingerprint density at radius 2 is 2.00 bits per heavy atom. The van der Waals surface area contributed by atoms with Gasteiger partial charge in [0, 0.05) is 19.3 Å². The van der Waals surface area contributed by atoms with Crippen LogP contribution < -0.4 is 5.32 Å². The molecule has 2 rings (SSSR count). The molecule has 1 atom stereocenters. The fraction of sp³-hybridized carbons (Fsp3) is 1.00. The molecule has 1 saturated heterocycles. The summed E-state index contributed by atoms with van der Waals surface area (Å²) in [6.45, 7) is 3.20. The first-order valence-electron chi connectivity index (χ1n) is 6.26. The van der Waals surface area contributed by atoms with Crippen LogP contribution in [0.5, 0.6) is 0 Å². The molecule has 2 heteroatoms. The zero-order valence-corrected chi connectivity index (χ0v) is 9.13. The van der Waals surface area contributed by atoms with Crippen molar-refractivity contribution in [2.75, 3.05) is 19.8 Å². The van der Waals surface area contributed by atoms with E-state index in [0.29, 0.717) is 0 Å². The fourth-order valence-corrected chi connectivity index (χ4v) is 2.31. The monoisotopic (exact) mass is 197 g/mol. The zero-order valence-electron chi connectivity index (χ0n) is 9.13. The first kappa shape index (κ1) is 10.4. The van der Waals surface area contributed by atoms with Gasteiger partial charge in [-0.05, 0) is 44.6 Å². The molecule has 0 aromatic carbocycles. The minimum Gasteiger partial charge on any atom is -0.381 e. The molecule has 2 fully saturated rings. The molecule has 0 bridgehead atoms. The van der Waals surface area contributed by atoms with Crippen LogP contribution in [0.2, 0.25) is 0 Å². The van der Waals surface area contributed by atoms with Gasteiger partial charge in [-0.2, -0.15) is 0 Å². The Morgan fingerprint density at radius 1 is 1.07 bits per heavy atom. The zero-order chi connectivity index (χ0) is 9.64. The Hall–Kier alpha value is -0.0800. The van der Waals surface area contributed by atoms with Crippen LogP contribution in [-0.2, 0) is 4.74 Å². The predicted molar refractivity (Wildman–Crippen MR) is 58.4 cm³/mol. The average molecular weight is 197 g/mol. The smallest absolute Gasteiger partial charge is 0.0494 e. The van der Waals surface area contributed by atoms with E-state index in [-0.39, 0.29) is 0 Å². The third kappa shape index (κ3) is 3.25. The summed E-state index contributed by atoms with van der Waals surface area (Å²) < 4.78 is 5.70. The normalized spacial score (nSPS) is 28.7. The van der Waals surface area contributed by atoms with Gasteiger partial charge in [-0.15, -0.1) is 0 Å². The molecule has 1 saturated carbocycles. The van der Waals surface area contributed by atoms with Crippen molar-refractivity contribution in [3.8, 4) is 0 Å². The molecule has 1 N–H and O–H groups in total. The van der Waals surface area contributed by atoms with Crippen molar-refractivity contribution in [3.05, 3.63) is 0 Å². The van der Waals surface area contributed by atoms with Gasteiger partial charge in [-0.25, -0.2) is 0 Å². The molecule has 0 unspecified atom stereocenters. The molecule has 1 aliphatic carbocycles. The van der Waals surface area contributed by atoms with Gasteiger partial charge in [0.1, 0.15) is 0 Å². The summed E-state index contributed by atoms with van der Waals surface area (Å²) in [6, 6.07) is 0.741. The summed E-state index contributed by atoms with van der Waals surface area (Å²) in [5.74, 6) is 0.898. The van der Waals surface area contributed by atoms with Gasteiger partial charge in [-0.3, -0.25) is 0 Å². The highest BCUT2D eigenvalue weighted by Gasteiger charge is 2.17. The van der Waals surface area contributed by atoms with E-state index in [9.17, 15) is 0 Å². The van der Waals surface area contributed by atoms with Crippen LogP contribution in [-0.4, -0.2) is 25.8 Å². The van der Waals surface area contributed by atoms with E-state index >= 15 is 0 Å². The molecular formula is C12H23NO. The lowest BCUT2D eigenvalue weighted by molar-refractivity contribution is 0.0632. The number of piperidine rings is 1. The predicted octanol–water partition coefficient (Wildman–Crippen LogP) is 2.34. The van der Waals surface area contributed by atoms with Gasteiger partial charge >= 0.3 is 0 Å². The van der Waals surface area contributed by atoms with Crippen LogP contribution in [0.4, 0.5) is 0 Å². The molecular weight excluding hydrogens is 174 g/mol. The molecule has 2 nitrogen and oxygen atoms in total. The van der Waals surface area contributed by atoms with Gasteiger partial charge in [0.25, 0.3) is 0 Å². The van der Waals surface area contributed by atoms with Crippen LogP contribution in [0, 0.1) is 5.92 Å². The molecule has 1 aliphatic heterocycles. The number of nitrogens with one attached hydrogen (secondary N) is 1. The molecule has 0 radical (unpaired) electrons. The maximum atomic E-state index is 5.70. The lowest BCUT2D eigenvalue weighted by atomic mass is 9.86. The quantitative estimate of drug-likeness (QED) is 0.683. The highest BCUT2D eigenvalue weighted by atomic mass is 16.5. The largest absolute Gasteiger partial charge is 0.381 e. The highest BCUT2D eigenvalue weighted by Crippen LogP contribution is 2.26. The second kappa shape index (κ2) is 5.72. The number of hydrogen-bond donors (Lipinski definition) is 1. The van der Waals surface area contributed by atoms with Crippen molar-refractivity contribution in [2.24, 2.45) is 5.92 Å². The lowest BCUT2D eigenvalue weighted by Gasteiger charge is -2.26. The van der Waals surface area contributed by atoms with E-state index in [1.54, 1.807) is 0 Å². The van der Waals surface area contributed by atoms with Crippen molar-refractivity contribution in [1.29, 1.82) is 0 Å². The topological polar surface area (TPSA) is 21.3 Å². The molecule has 0 aromatic rings. The molecule has 0 aromatic heterocycles. The second-order valence-corrected chi connectivity index (χ2v) is 4.81. The summed E-state index contributed by atoms with van der Waals surface area (Å²) in [6.07, 6.45) is 9.57. The van der Waals surface area contributed by atoms with Crippen molar-refractivity contribution in [1.82, 2.24) is 5.32 Å². The third-order valence-electron chi connectivity index (χ3n) is 3.60. The third-order valence-corrected chi connectivity index (χ3v) is 3.60. The Morgan fingerprint density at radius 3 is 2.64 bits per heavy atom. The van der Waals surface area contributed by atoms with Crippen molar-refractivity contribution < 1.29 is 4.74 Å². The Kier molecular flexibility index (Phi) is 4.26. The van der Waals surface area contributed by atoms with Gasteiger partial charge in [-0.1, -0.05) is 12.8 Å². The highest BCUT2D eigenvalue weighted by molar-refractivity contribution is 4.72. The molecule has 14 heavy (non-hydrogen) atoms. The lowest BCUT2D eigenvalue weighted by Crippen LogP contribution is -2.35. The van der Waals surface area contributed by atoms with E-state index < -0.39 is 0 Å². The van der Waals surface area contributed by atoms with E-state index in [1.165, 1.54) is 51.5 Å². The summed E-state index contributed by atoms with van der Waals surface area (Å²) in [4.78, 5) is 0. The number of hydrogen-bond acceptors (Lipinski definition) is 2. The van der Waals surface area contributed by atoms with E-state index in [0.717, 1.165) is 25.2 Å². The molecule has 0 spiro atoms. The summed E-state index contributed by atoms with van der Waals surface area (Å²) in [5.41, 5.74) is 0. The number of rotatable bonds is 5. The van der Waals surface area contributed by atoms with Crippen LogP contribution >= 0.6 is 0 Å². The van der Waals surface area contributed by atoms with Crippen molar-refractivity contribution >= 4 is 0 Å². The van der Waals surface area contributed by atoms with Crippen LogP contribution in [0.3, 0.4) is 0 Å². The molecule has 0 amide bonds. The standard InChI is InChI=1S/C12H23NO/c1-2-8-13-12(6-1)7-9-14-10-11-4-3-5-11/h11-13H,1-10H2/t12-/m1/s1. The first-order chi connectivity index (χ1) is 6.95. The van der Waals surface area contributed by atoms with Crippen LogP contribution in [0.1, 0.15) is 44.9 Å². The molecule has 82 valence electrons. The molecule has 1 heterocycles. The van der Waals surface area contributed by atoms with E-state index in [4.69, 9.17) is 4.74 Å². The second-order valence-electron chi connectivity index (χ2n) is 4.81. The Bertz CT molecular complexity index is 150. The van der Waals surface area contributed by atoms with E-state index in [2.05, 4.69) is 5.32 Å². The van der Waals surface area contributed by atoms with Crippen LogP contribution in [0.15, 0.2) is 0 Å². The minimum absolute atomic E-state index is 0.741. The molecule has 2 aliphatic rings. The van der Waals surface area contributed by atoms with E-state index in [1.807, 2.05) is 0 Å². The average Bonchev–Trinajstić information content (AvgIpc) is 2.16. The SMILES string of the molecule is C1CC[C@H](CCOCC2CCC2)NC1. The Balaban J connectivity index is 1.45. The number of ether oxygens (including phenoxy) is 1. The Labute approximate surface area is 87.4 Å². The maximum absolute atomic E-state index is 5.70. The maximum Gasteiger partial charge on any atom is 0.0494 e. The fourth-order valence-electron chi connectivity index (χ4n) is 2.31. The summed E-state index contributed by atoms with van der Waals surface area (Å²) in [5, 5.41) is 3.56.